The van der Waals surface area contributed by atoms with Crippen molar-refractivity contribution < 1.29 is 14.3 Å². The molecule has 1 atom stereocenters. The first-order valence-corrected chi connectivity index (χ1v) is 9.05. The number of nitrogens with zero attached hydrogens (tertiary/aromatic N) is 2. The highest BCUT2D eigenvalue weighted by molar-refractivity contribution is 6.32. The normalized spacial score (nSPS) is 16.4. The third-order valence-corrected chi connectivity index (χ3v) is 4.49. The van der Waals surface area contributed by atoms with Crippen molar-refractivity contribution in [3.63, 3.8) is 0 Å². The molecule has 1 aliphatic rings. The first-order chi connectivity index (χ1) is 13.0. The number of methoxy groups -OCH3 is 1. The smallest absolute Gasteiger partial charge is 0.280 e. The molecule has 0 aliphatic carbocycles. The van der Waals surface area contributed by atoms with Crippen LogP contribution in [0.3, 0.4) is 0 Å². The van der Waals surface area contributed by atoms with E-state index in [-0.39, 0.29) is 12.0 Å². The van der Waals surface area contributed by atoms with Crippen molar-refractivity contribution in [2.45, 2.75) is 33.3 Å². The maximum atomic E-state index is 12.9. The van der Waals surface area contributed by atoms with Crippen LogP contribution >= 0.6 is 0 Å². The molecule has 140 valence electrons. The van der Waals surface area contributed by atoms with Crippen LogP contribution < -0.4 is 14.5 Å². The van der Waals surface area contributed by atoms with E-state index in [1.54, 1.807) is 7.11 Å². The summed E-state index contributed by atoms with van der Waals surface area (Å²) in [6, 6.07) is 15.1. The highest BCUT2D eigenvalue weighted by Crippen LogP contribution is 2.35. The molecule has 0 N–H and O–H groups in total. The van der Waals surface area contributed by atoms with Crippen LogP contribution in [-0.2, 0) is 4.79 Å². The Kier molecular flexibility index (Phi) is 5.60. The Morgan fingerprint density at radius 3 is 2.56 bits per heavy atom. The number of hydrogen-bond acceptors (Lipinski definition) is 4. The molecule has 0 spiro atoms. The summed E-state index contributed by atoms with van der Waals surface area (Å²) in [5.74, 6) is 1.13. The predicted molar refractivity (Wildman–Crippen MR) is 108 cm³/mol. The lowest BCUT2D eigenvalue weighted by Gasteiger charge is -2.18. The summed E-state index contributed by atoms with van der Waals surface area (Å²) in [7, 11) is 1.61. The molecule has 0 radical (unpaired) electrons. The van der Waals surface area contributed by atoms with Crippen LogP contribution in [-0.4, -0.2) is 24.8 Å². The van der Waals surface area contributed by atoms with E-state index in [9.17, 15) is 4.79 Å². The Morgan fingerprint density at radius 2 is 1.89 bits per heavy atom. The number of anilines is 1. The molecule has 2 aromatic carbocycles. The Labute approximate surface area is 159 Å². The fraction of sp³-hybridized carbons (Fsp3) is 0.273. The molecule has 1 unspecified atom stereocenters. The van der Waals surface area contributed by atoms with Crippen LogP contribution in [0.4, 0.5) is 5.69 Å². The predicted octanol–water partition coefficient (Wildman–Crippen LogP) is 4.68. The average Bonchev–Trinajstić information content (AvgIpc) is 2.97. The minimum absolute atomic E-state index is 0.0355. The second-order valence-electron chi connectivity index (χ2n) is 6.41. The fourth-order valence-electron chi connectivity index (χ4n) is 2.80. The van der Waals surface area contributed by atoms with Crippen LogP contribution in [0.5, 0.6) is 11.5 Å². The third kappa shape index (κ3) is 3.87. The first kappa shape index (κ1) is 18.7. The number of ether oxygens (including phenoxy) is 2. The summed E-state index contributed by atoms with van der Waals surface area (Å²) in [6.07, 6.45) is 2.73. The van der Waals surface area contributed by atoms with Crippen LogP contribution in [0, 0.1) is 0 Å². The summed E-state index contributed by atoms with van der Waals surface area (Å²) >= 11 is 0. The van der Waals surface area contributed by atoms with Gasteiger partial charge in [0, 0.05) is 5.56 Å². The maximum absolute atomic E-state index is 12.9. The van der Waals surface area contributed by atoms with E-state index in [2.05, 4.69) is 12.0 Å². The van der Waals surface area contributed by atoms with Gasteiger partial charge in [-0.05, 0) is 44.5 Å². The molecule has 1 aliphatic heterocycles. The van der Waals surface area contributed by atoms with Gasteiger partial charge < -0.3 is 9.47 Å². The van der Waals surface area contributed by atoms with Crippen molar-refractivity contribution in [2.75, 3.05) is 12.1 Å². The monoisotopic (exact) mass is 364 g/mol. The summed E-state index contributed by atoms with van der Waals surface area (Å²) in [5.41, 5.74) is 2.75. The van der Waals surface area contributed by atoms with Crippen LogP contribution in [0.15, 0.2) is 59.2 Å². The van der Waals surface area contributed by atoms with Gasteiger partial charge in [-0.3, -0.25) is 4.79 Å². The molecule has 0 bridgehead atoms. The molecule has 5 nitrogen and oxygen atoms in total. The van der Waals surface area contributed by atoms with Crippen molar-refractivity contribution in [3.8, 4) is 11.5 Å². The van der Waals surface area contributed by atoms with Gasteiger partial charge in [0.25, 0.3) is 5.91 Å². The van der Waals surface area contributed by atoms with Gasteiger partial charge >= 0.3 is 0 Å². The van der Waals surface area contributed by atoms with Crippen molar-refractivity contribution in [2.24, 2.45) is 5.10 Å². The van der Waals surface area contributed by atoms with Crippen molar-refractivity contribution in [3.05, 3.63) is 59.7 Å². The number of carbonyl (C=O) groups is 1. The zero-order valence-electron chi connectivity index (χ0n) is 16.1. The molecule has 27 heavy (non-hydrogen) atoms. The standard InChI is InChI=1S/C22H24N2O3/c1-5-15(2)27-21-17(10-9-13-20(21)26-4)14-19-16(3)23-24(22(19)25)18-11-7-6-8-12-18/h6-15H,5H2,1-4H3/b19-14-. The molecular formula is C22H24N2O3. The minimum atomic E-state index is -0.156. The first-order valence-electron chi connectivity index (χ1n) is 9.05. The SMILES string of the molecule is CCC(C)Oc1c(/C=C2\C(=O)N(c3ccccc3)N=C2C)cccc1OC. The second kappa shape index (κ2) is 8.08. The lowest BCUT2D eigenvalue weighted by molar-refractivity contribution is -0.114. The highest BCUT2D eigenvalue weighted by Gasteiger charge is 2.29. The Hall–Kier alpha value is -3.08. The highest BCUT2D eigenvalue weighted by atomic mass is 16.5. The topological polar surface area (TPSA) is 51.1 Å². The lowest BCUT2D eigenvalue weighted by atomic mass is 10.1. The van der Waals surface area contributed by atoms with Crippen molar-refractivity contribution >= 4 is 23.4 Å². The van der Waals surface area contributed by atoms with Gasteiger partial charge in [-0.15, -0.1) is 0 Å². The molecule has 5 heteroatoms. The quantitative estimate of drug-likeness (QED) is 0.700. The van der Waals surface area contributed by atoms with E-state index in [4.69, 9.17) is 9.47 Å². The van der Waals surface area contributed by atoms with Gasteiger partial charge in [0.05, 0.1) is 30.2 Å². The summed E-state index contributed by atoms with van der Waals surface area (Å²) in [6.45, 7) is 5.91. The molecule has 0 saturated carbocycles. The van der Waals surface area contributed by atoms with Gasteiger partial charge in [0.1, 0.15) is 0 Å². The average molecular weight is 364 g/mol. The molecular weight excluding hydrogens is 340 g/mol. The van der Waals surface area contributed by atoms with Gasteiger partial charge in [0.15, 0.2) is 11.5 Å². The molecule has 1 amide bonds. The molecule has 1 heterocycles. The van der Waals surface area contributed by atoms with Crippen molar-refractivity contribution in [1.82, 2.24) is 0 Å². The molecule has 2 aromatic rings. The van der Waals surface area contributed by atoms with E-state index < -0.39 is 0 Å². The van der Waals surface area contributed by atoms with Gasteiger partial charge in [0.2, 0.25) is 0 Å². The maximum Gasteiger partial charge on any atom is 0.280 e. The summed E-state index contributed by atoms with van der Waals surface area (Å²) < 4.78 is 11.5. The van der Waals surface area contributed by atoms with Crippen molar-refractivity contribution in [1.29, 1.82) is 0 Å². The Balaban J connectivity index is 2.00. The number of amides is 1. The van der Waals surface area contributed by atoms with Gasteiger partial charge in [-0.1, -0.05) is 37.3 Å². The number of hydrazone groups is 1. The zero-order valence-corrected chi connectivity index (χ0v) is 16.1. The van der Waals surface area contributed by atoms with Gasteiger partial charge in [-0.2, -0.15) is 10.1 Å². The molecule has 0 aromatic heterocycles. The second-order valence-corrected chi connectivity index (χ2v) is 6.41. The Morgan fingerprint density at radius 1 is 1.15 bits per heavy atom. The van der Waals surface area contributed by atoms with E-state index in [0.29, 0.717) is 22.8 Å². The zero-order chi connectivity index (χ0) is 19.4. The van der Waals surface area contributed by atoms with E-state index >= 15 is 0 Å². The fourth-order valence-corrected chi connectivity index (χ4v) is 2.80. The van der Waals surface area contributed by atoms with Crippen LogP contribution in [0.1, 0.15) is 32.8 Å². The molecule has 0 saturated heterocycles. The van der Waals surface area contributed by atoms with Gasteiger partial charge in [-0.25, -0.2) is 0 Å². The third-order valence-electron chi connectivity index (χ3n) is 4.49. The van der Waals surface area contributed by atoms with E-state index in [0.717, 1.165) is 17.7 Å². The molecule has 0 fully saturated rings. The minimum Gasteiger partial charge on any atom is -0.493 e. The number of carbonyl (C=O) groups excluding carboxylic acids is 1. The summed E-state index contributed by atoms with van der Waals surface area (Å²) in [5, 5.41) is 5.85. The Bertz CT molecular complexity index is 888. The largest absolute Gasteiger partial charge is 0.493 e. The van der Waals surface area contributed by atoms with Crippen LogP contribution in [0.2, 0.25) is 0 Å². The van der Waals surface area contributed by atoms with E-state index in [1.165, 1.54) is 5.01 Å². The molecule has 3 rings (SSSR count). The number of rotatable bonds is 6. The lowest BCUT2D eigenvalue weighted by Crippen LogP contribution is -2.21. The van der Waals surface area contributed by atoms with E-state index in [1.807, 2.05) is 68.5 Å². The number of para-hydroxylation sites is 2. The summed E-state index contributed by atoms with van der Waals surface area (Å²) in [4.78, 5) is 12.9. The van der Waals surface area contributed by atoms with Crippen LogP contribution in [0.25, 0.3) is 6.08 Å². The number of hydrogen-bond donors (Lipinski definition) is 0. The number of benzene rings is 2.